The van der Waals surface area contributed by atoms with Gasteiger partial charge in [0.25, 0.3) is 0 Å². The lowest BCUT2D eigenvalue weighted by atomic mass is 9.89. The van der Waals surface area contributed by atoms with Crippen molar-refractivity contribution in [1.29, 1.82) is 5.26 Å². The van der Waals surface area contributed by atoms with Crippen LogP contribution in [0.4, 0.5) is 0 Å². The summed E-state index contributed by atoms with van der Waals surface area (Å²) in [5, 5.41) is 9.22. The molecule has 0 aliphatic heterocycles. The molecule has 2 N–H and O–H groups in total. The molecule has 0 aromatic heterocycles. The van der Waals surface area contributed by atoms with Crippen LogP contribution in [0.5, 0.6) is 0 Å². The van der Waals surface area contributed by atoms with Crippen LogP contribution in [-0.4, -0.2) is 13.2 Å². The van der Waals surface area contributed by atoms with E-state index in [2.05, 4.69) is 19.9 Å². The minimum absolute atomic E-state index is 0.501. The van der Waals surface area contributed by atoms with Crippen molar-refractivity contribution in [1.82, 2.24) is 0 Å². The van der Waals surface area contributed by atoms with Crippen molar-refractivity contribution in [3.8, 4) is 6.07 Å². The van der Waals surface area contributed by atoms with Crippen molar-refractivity contribution in [2.24, 2.45) is 11.7 Å². The van der Waals surface area contributed by atoms with Gasteiger partial charge >= 0.3 is 0 Å². The predicted molar refractivity (Wildman–Crippen MR) is 68.2 cm³/mol. The Labute approximate surface area is 103 Å². The molecule has 1 rings (SSSR count). The zero-order valence-electron chi connectivity index (χ0n) is 10.5. The van der Waals surface area contributed by atoms with Gasteiger partial charge < -0.3 is 10.5 Å². The number of benzene rings is 1. The average Bonchev–Trinajstić information content (AvgIpc) is 2.35. The second-order valence-corrected chi connectivity index (χ2v) is 4.67. The van der Waals surface area contributed by atoms with Crippen LogP contribution in [0.1, 0.15) is 25.8 Å². The molecule has 1 aromatic carbocycles. The van der Waals surface area contributed by atoms with Gasteiger partial charge in [0.05, 0.1) is 6.07 Å². The Balaban J connectivity index is 2.56. The lowest BCUT2D eigenvalue weighted by molar-refractivity contribution is 0.0987. The fourth-order valence-electron chi connectivity index (χ4n) is 1.55. The SMILES string of the molecule is CC(C)COCCC(N)(C#N)c1ccccc1. The van der Waals surface area contributed by atoms with Crippen LogP contribution in [0.3, 0.4) is 0 Å². The molecule has 1 atom stereocenters. The van der Waals surface area contributed by atoms with E-state index in [0.717, 1.165) is 5.56 Å². The predicted octanol–water partition coefficient (Wildman–Crippen LogP) is 2.43. The molecule has 0 bridgehead atoms. The van der Waals surface area contributed by atoms with Gasteiger partial charge in [-0.2, -0.15) is 5.26 Å². The van der Waals surface area contributed by atoms with E-state index in [4.69, 9.17) is 10.5 Å². The van der Waals surface area contributed by atoms with Gasteiger partial charge in [-0.1, -0.05) is 44.2 Å². The van der Waals surface area contributed by atoms with E-state index in [9.17, 15) is 5.26 Å². The highest BCUT2D eigenvalue weighted by atomic mass is 16.5. The molecule has 1 unspecified atom stereocenters. The lowest BCUT2D eigenvalue weighted by Crippen LogP contribution is -2.36. The highest BCUT2D eigenvalue weighted by Gasteiger charge is 2.26. The van der Waals surface area contributed by atoms with Crippen molar-refractivity contribution in [2.75, 3.05) is 13.2 Å². The summed E-state index contributed by atoms with van der Waals surface area (Å²) in [4.78, 5) is 0. The second-order valence-electron chi connectivity index (χ2n) is 4.67. The molecule has 0 saturated heterocycles. The van der Waals surface area contributed by atoms with Crippen LogP contribution in [0, 0.1) is 17.2 Å². The molecule has 0 radical (unpaired) electrons. The minimum Gasteiger partial charge on any atom is -0.381 e. The first-order valence-electron chi connectivity index (χ1n) is 5.92. The summed E-state index contributed by atoms with van der Waals surface area (Å²) in [6.07, 6.45) is 0.514. The topological polar surface area (TPSA) is 59.0 Å². The van der Waals surface area contributed by atoms with Crippen molar-refractivity contribution >= 4 is 0 Å². The Bertz CT molecular complexity index is 370. The van der Waals surface area contributed by atoms with Gasteiger partial charge in [0.2, 0.25) is 0 Å². The fourth-order valence-corrected chi connectivity index (χ4v) is 1.55. The molecule has 0 aliphatic carbocycles. The lowest BCUT2D eigenvalue weighted by Gasteiger charge is -2.22. The van der Waals surface area contributed by atoms with Gasteiger partial charge in [0, 0.05) is 19.6 Å². The zero-order valence-corrected chi connectivity index (χ0v) is 10.5. The first-order chi connectivity index (χ1) is 8.08. The van der Waals surface area contributed by atoms with Crippen molar-refractivity contribution < 1.29 is 4.74 Å². The minimum atomic E-state index is -0.946. The van der Waals surface area contributed by atoms with Gasteiger partial charge in [-0.3, -0.25) is 0 Å². The third-order valence-electron chi connectivity index (χ3n) is 2.58. The molecule has 17 heavy (non-hydrogen) atoms. The summed E-state index contributed by atoms with van der Waals surface area (Å²) >= 11 is 0. The van der Waals surface area contributed by atoms with E-state index >= 15 is 0 Å². The Morgan fingerprint density at radius 2 is 2.00 bits per heavy atom. The largest absolute Gasteiger partial charge is 0.381 e. The van der Waals surface area contributed by atoms with E-state index in [0.29, 0.717) is 25.6 Å². The van der Waals surface area contributed by atoms with E-state index < -0.39 is 5.54 Å². The molecular formula is C14H20N2O. The second kappa shape index (κ2) is 6.39. The molecule has 0 saturated carbocycles. The number of hydrogen-bond donors (Lipinski definition) is 1. The smallest absolute Gasteiger partial charge is 0.132 e. The van der Waals surface area contributed by atoms with Crippen molar-refractivity contribution in [2.45, 2.75) is 25.8 Å². The Morgan fingerprint density at radius 1 is 1.35 bits per heavy atom. The maximum Gasteiger partial charge on any atom is 0.132 e. The summed E-state index contributed by atoms with van der Waals surface area (Å²) in [6.45, 7) is 5.40. The number of nitrogens with zero attached hydrogens (tertiary/aromatic N) is 1. The monoisotopic (exact) mass is 232 g/mol. The molecular weight excluding hydrogens is 212 g/mol. The van der Waals surface area contributed by atoms with Gasteiger partial charge in [-0.25, -0.2) is 0 Å². The number of nitriles is 1. The third kappa shape index (κ3) is 4.18. The summed E-state index contributed by atoms with van der Waals surface area (Å²) in [6, 6.07) is 11.6. The van der Waals surface area contributed by atoms with E-state index in [1.165, 1.54) is 0 Å². The molecule has 0 amide bonds. The van der Waals surface area contributed by atoms with Crippen molar-refractivity contribution in [3.05, 3.63) is 35.9 Å². The molecule has 3 heteroatoms. The maximum absolute atomic E-state index is 9.22. The Morgan fingerprint density at radius 3 is 2.53 bits per heavy atom. The molecule has 0 aliphatic rings. The van der Waals surface area contributed by atoms with Crippen LogP contribution >= 0.6 is 0 Å². The van der Waals surface area contributed by atoms with Gasteiger partial charge in [0.15, 0.2) is 0 Å². The van der Waals surface area contributed by atoms with Crippen LogP contribution < -0.4 is 5.73 Å². The Kier molecular flexibility index (Phi) is 5.14. The third-order valence-corrected chi connectivity index (χ3v) is 2.58. The molecule has 0 spiro atoms. The van der Waals surface area contributed by atoms with Gasteiger partial charge in [-0.05, 0) is 11.5 Å². The standard InChI is InChI=1S/C14H20N2O/c1-12(2)10-17-9-8-14(16,11-15)13-6-4-3-5-7-13/h3-7,12H,8-10,16H2,1-2H3. The first-order valence-corrected chi connectivity index (χ1v) is 5.92. The summed E-state index contributed by atoms with van der Waals surface area (Å²) in [5.74, 6) is 0.501. The van der Waals surface area contributed by atoms with Crippen LogP contribution in [-0.2, 0) is 10.3 Å². The molecule has 0 heterocycles. The van der Waals surface area contributed by atoms with Gasteiger partial charge in [-0.15, -0.1) is 0 Å². The first kappa shape index (κ1) is 13.7. The average molecular weight is 232 g/mol. The highest BCUT2D eigenvalue weighted by molar-refractivity contribution is 5.30. The summed E-state index contributed by atoms with van der Waals surface area (Å²) in [7, 11) is 0. The van der Waals surface area contributed by atoms with E-state index in [-0.39, 0.29) is 0 Å². The van der Waals surface area contributed by atoms with Crippen LogP contribution in [0.15, 0.2) is 30.3 Å². The highest BCUT2D eigenvalue weighted by Crippen LogP contribution is 2.21. The van der Waals surface area contributed by atoms with Crippen LogP contribution in [0.25, 0.3) is 0 Å². The van der Waals surface area contributed by atoms with Gasteiger partial charge in [0.1, 0.15) is 5.54 Å². The number of ether oxygens (including phenoxy) is 1. The number of hydrogen-bond acceptors (Lipinski definition) is 3. The van der Waals surface area contributed by atoms with E-state index in [1.807, 2.05) is 30.3 Å². The number of nitrogens with two attached hydrogens (primary N) is 1. The quantitative estimate of drug-likeness (QED) is 0.766. The number of rotatable bonds is 6. The van der Waals surface area contributed by atoms with Crippen molar-refractivity contribution in [3.63, 3.8) is 0 Å². The normalized spacial score (nSPS) is 14.3. The van der Waals surface area contributed by atoms with E-state index in [1.54, 1.807) is 0 Å². The zero-order chi connectivity index (χ0) is 12.7. The molecule has 92 valence electrons. The Hall–Kier alpha value is -1.37. The molecule has 1 aromatic rings. The summed E-state index contributed by atoms with van der Waals surface area (Å²) in [5.41, 5.74) is 5.99. The molecule has 0 fully saturated rings. The van der Waals surface area contributed by atoms with Crippen LogP contribution in [0.2, 0.25) is 0 Å². The maximum atomic E-state index is 9.22. The summed E-state index contributed by atoms with van der Waals surface area (Å²) < 4.78 is 5.48. The molecule has 3 nitrogen and oxygen atoms in total. The fraction of sp³-hybridized carbons (Fsp3) is 0.500.